The Kier molecular flexibility index (Phi) is 6.22. The summed E-state index contributed by atoms with van der Waals surface area (Å²) in [6, 6.07) is 20.3. The minimum atomic E-state index is -1.00. The summed E-state index contributed by atoms with van der Waals surface area (Å²) < 4.78 is 10.6. The summed E-state index contributed by atoms with van der Waals surface area (Å²) in [5.74, 6) is -0.795. The number of fused-ring (bicyclic) bond motifs is 1. The number of aromatic carboxylic acids is 1. The van der Waals surface area contributed by atoms with Crippen molar-refractivity contribution in [3.63, 3.8) is 0 Å². The molecule has 0 spiro atoms. The third-order valence-corrected chi connectivity index (χ3v) is 5.26. The van der Waals surface area contributed by atoms with Gasteiger partial charge in [0, 0.05) is 17.5 Å². The summed E-state index contributed by atoms with van der Waals surface area (Å²) in [7, 11) is 1.57. The van der Waals surface area contributed by atoms with E-state index >= 15 is 0 Å². The molecule has 0 radical (unpaired) electrons. The van der Waals surface area contributed by atoms with Gasteiger partial charge >= 0.3 is 11.9 Å². The van der Waals surface area contributed by atoms with E-state index in [-0.39, 0.29) is 17.7 Å². The molecule has 7 nitrogen and oxygen atoms in total. The lowest BCUT2D eigenvalue weighted by Gasteiger charge is -2.08. The molecule has 0 aliphatic heterocycles. The molecule has 0 atom stereocenters. The first-order valence-electron chi connectivity index (χ1n) is 10.2. The minimum absolute atomic E-state index is 0.108. The highest BCUT2D eigenvalue weighted by Crippen LogP contribution is 2.18. The standard InChI is InChI=1S/C26H21NO6/c1-32-22-4-2-3-17(12-22)15-33-26(31)19-9-10-23-20(13-19)14-21(24(28)27-23)11-16-5-7-18(8-6-16)25(29)30/h2-10,12-14H,11,15H2,1H3,(H,27,28)(H,29,30). The van der Waals surface area contributed by atoms with Gasteiger partial charge in [0.25, 0.3) is 5.56 Å². The molecule has 0 saturated carbocycles. The van der Waals surface area contributed by atoms with Gasteiger partial charge in [-0.25, -0.2) is 9.59 Å². The van der Waals surface area contributed by atoms with Crippen LogP contribution in [0.2, 0.25) is 0 Å². The van der Waals surface area contributed by atoms with Gasteiger partial charge in [-0.1, -0.05) is 24.3 Å². The number of esters is 1. The van der Waals surface area contributed by atoms with Gasteiger partial charge < -0.3 is 19.6 Å². The molecule has 0 bridgehead atoms. The number of benzene rings is 3. The Morgan fingerprint density at radius 3 is 2.39 bits per heavy atom. The number of aromatic amines is 1. The molecule has 7 heteroatoms. The van der Waals surface area contributed by atoms with Crippen molar-refractivity contribution in [2.75, 3.05) is 7.11 Å². The Morgan fingerprint density at radius 2 is 1.67 bits per heavy atom. The molecule has 1 aromatic heterocycles. The van der Waals surface area contributed by atoms with Crippen molar-refractivity contribution >= 4 is 22.8 Å². The van der Waals surface area contributed by atoms with Gasteiger partial charge in [-0.3, -0.25) is 4.79 Å². The quantitative estimate of drug-likeness (QED) is 0.415. The molecule has 0 fully saturated rings. The van der Waals surface area contributed by atoms with Crippen molar-refractivity contribution < 1.29 is 24.2 Å². The van der Waals surface area contributed by atoms with Gasteiger partial charge in [-0.15, -0.1) is 0 Å². The second-order valence-corrected chi connectivity index (χ2v) is 7.53. The lowest BCUT2D eigenvalue weighted by molar-refractivity contribution is 0.0472. The molecule has 0 unspecified atom stereocenters. The molecule has 2 N–H and O–H groups in total. The zero-order valence-corrected chi connectivity index (χ0v) is 17.8. The molecule has 33 heavy (non-hydrogen) atoms. The minimum Gasteiger partial charge on any atom is -0.497 e. The van der Waals surface area contributed by atoms with Crippen LogP contribution < -0.4 is 10.3 Å². The number of methoxy groups -OCH3 is 1. The lowest BCUT2D eigenvalue weighted by Crippen LogP contribution is -2.13. The SMILES string of the molecule is COc1cccc(COC(=O)c2ccc3[nH]c(=O)c(Cc4ccc(C(=O)O)cc4)cc3c2)c1. The third-order valence-electron chi connectivity index (χ3n) is 5.26. The molecule has 0 saturated heterocycles. The van der Waals surface area contributed by atoms with Crippen LogP contribution in [0.3, 0.4) is 0 Å². The van der Waals surface area contributed by atoms with Crippen LogP contribution in [0, 0.1) is 0 Å². The molecule has 0 aliphatic carbocycles. The fraction of sp³-hybridized carbons (Fsp3) is 0.115. The van der Waals surface area contributed by atoms with Gasteiger partial charge in [-0.05, 0) is 65.0 Å². The average Bonchev–Trinajstić information content (AvgIpc) is 2.83. The molecule has 3 aromatic carbocycles. The fourth-order valence-corrected chi connectivity index (χ4v) is 3.49. The Balaban J connectivity index is 1.53. The first kappa shape index (κ1) is 21.8. The summed E-state index contributed by atoms with van der Waals surface area (Å²) in [5, 5.41) is 9.72. The van der Waals surface area contributed by atoms with Crippen molar-refractivity contribution in [2.24, 2.45) is 0 Å². The number of carbonyl (C=O) groups excluding carboxylic acids is 1. The number of H-pyrrole nitrogens is 1. The van der Waals surface area contributed by atoms with E-state index in [9.17, 15) is 14.4 Å². The van der Waals surface area contributed by atoms with Crippen LogP contribution in [0.5, 0.6) is 5.75 Å². The maximum absolute atomic E-state index is 12.6. The topological polar surface area (TPSA) is 106 Å². The molecule has 0 amide bonds. The third kappa shape index (κ3) is 5.10. The zero-order chi connectivity index (χ0) is 23.4. The predicted molar refractivity (Wildman–Crippen MR) is 123 cm³/mol. The maximum atomic E-state index is 12.6. The van der Waals surface area contributed by atoms with Crippen LogP contribution in [0.15, 0.2) is 77.6 Å². The van der Waals surface area contributed by atoms with E-state index in [1.807, 2.05) is 18.2 Å². The number of pyridine rings is 1. The van der Waals surface area contributed by atoms with Crippen LogP contribution in [0.4, 0.5) is 0 Å². The Hall–Kier alpha value is -4.39. The summed E-state index contributed by atoms with van der Waals surface area (Å²) in [6.45, 7) is 0.108. The highest BCUT2D eigenvalue weighted by atomic mass is 16.5. The number of hydrogen-bond acceptors (Lipinski definition) is 5. The van der Waals surface area contributed by atoms with Crippen molar-refractivity contribution in [3.8, 4) is 5.75 Å². The Bertz CT molecular complexity index is 1390. The van der Waals surface area contributed by atoms with Crippen LogP contribution in [-0.4, -0.2) is 29.1 Å². The van der Waals surface area contributed by atoms with E-state index in [1.54, 1.807) is 49.6 Å². The molecular formula is C26H21NO6. The van der Waals surface area contributed by atoms with E-state index in [2.05, 4.69) is 4.98 Å². The number of carboxylic acids is 1. The lowest BCUT2D eigenvalue weighted by atomic mass is 10.0. The molecule has 4 aromatic rings. The monoisotopic (exact) mass is 443 g/mol. The van der Waals surface area contributed by atoms with Gasteiger partial charge in [0.1, 0.15) is 12.4 Å². The zero-order valence-electron chi connectivity index (χ0n) is 17.8. The van der Waals surface area contributed by atoms with Gasteiger partial charge in [0.05, 0.1) is 18.2 Å². The summed E-state index contributed by atoms with van der Waals surface area (Å²) in [6.07, 6.45) is 0.329. The maximum Gasteiger partial charge on any atom is 0.338 e. The number of ether oxygens (including phenoxy) is 2. The van der Waals surface area contributed by atoms with Gasteiger partial charge in [-0.2, -0.15) is 0 Å². The number of hydrogen-bond donors (Lipinski definition) is 2. The van der Waals surface area contributed by atoms with E-state index < -0.39 is 11.9 Å². The smallest absolute Gasteiger partial charge is 0.338 e. The first-order valence-corrected chi connectivity index (χ1v) is 10.2. The van der Waals surface area contributed by atoms with E-state index in [4.69, 9.17) is 14.6 Å². The van der Waals surface area contributed by atoms with Crippen LogP contribution in [-0.2, 0) is 17.8 Å². The van der Waals surface area contributed by atoms with E-state index in [0.29, 0.717) is 34.2 Å². The molecule has 166 valence electrons. The Labute approximate surface area is 189 Å². The highest BCUT2D eigenvalue weighted by molar-refractivity contribution is 5.94. The summed E-state index contributed by atoms with van der Waals surface area (Å²) >= 11 is 0. The van der Waals surface area contributed by atoms with Crippen molar-refractivity contribution in [1.82, 2.24) is 4.98 Å². The van der Waals surface area contributed by atoms with Gasteiger partial charge in [0.15, 0.2) is 0 Å². The summed E-state index contributed by atoms with van der Waals surface area (Å²) in [5.41, 5.74) is 3.04. The number of aromatic nitrogens is 1. The number of rotatable bonds is 7. The largest absolute Gasteiger partial charge is 0.497 e. The van der Waals surface area contributed by atoms with Crippen molar-refractivity contribution in [3.05, 3.63) is 111 Å². The van der Waals surface area contributed by atoms with E-state index in [0.717, 1.165) is 11.1 Å². The molecule has 4 rings (SSSR count). The first-order chi connectivity index (χ1) is 15.9. The van der Waals surface area contributed by atoms with Crippen LogP contribution >= 0.6 is 0 Å². The number of carbonyl (C=O) groups is 2. The second kappa shape index (κ2) is 9.40. The summed E-state index contributed by atoms with van der Waals surface area (Å²) in [4.78, 5) is 38.9. The normalized spacial score (nSPS) is 10.7. The van der Waals surface area contributed by atoms with Crippen molar-refractivity contribution in [1.29, 1.82) is 0 Å². The number of carboxylic acid groups (broad SMARTS) is 1. The highest BCUT2D eigenvalue weighted by Gasteiger charge is 2.11. The van der Waals surface area contributed by atoms with Crippen LogP contribution in [0.25, 0.3) is 10.9 Å². The molecular weight excluding hydrogens is 422 g/mol. The van der Waals surface area contributed by atoms with E-state index in [1.165, 1.54) is 12.1 Å². The Morgan fingerprint density at radius 1 is 0.909 bits per heavy atom. The number of nitrogens with one attached hydrogen (secondary N) is 1. The predicted octanol–water partition coefficient (Wildman–Crippen LogP) is 4.18. The van der Waals surface area contributed by atoms with Gasteiger partial charge in [0.2, 0.25) is 0 Å². The molecule has 1 heterocycles. The fourth-order valence-electron chi connectivity index (χ4n) is 3.49. The van der Waals surface area contributed by atoms with Crippen LogP contribution in [0.1, 0.15) is 37.4 Å². The average molecular weight is 443 g/mol. The van der Waals surface area contributed by atoms with Crippen molar-refractivity contribution in [2.45, 2.75) is 13.0 Å². The second-order valence-electron chi connectivity index (χ2n) is 7.53. The molecule has 0 aliphatic rings.